The van der Waals surface area contributed by atoms with Gasteiger partial charge in [-0.2, -0.15) is 0 Å². The molecule has 0 aliphatic carbocycles. The van der Waals surface area contributed by atoms with Crippen molar-refractivity contribution in [3.05, 3.63) is 63.6 Å². The molecule has 0 saturated carbocycles. The Kier molecular flexibility index (Phi) is 8.12. The van der Waals surface area contributed by atoms with Gasteiger partial charge in [0.2, 0.25) is 0 Å². The number of nitrogens with one attached hydrogen (secondary N) is 1. The highest BCUT2D eigenvalue weighted by atomic mass is 79.9. The minimum Gasteiger partial charge on any atom is -0.539 e. The van der Waals surface area contributed by atoms with Crippen LogP contribution in [0.15, 0.2) is 46.9 Å². The summed E-state index contributed by atoms with van der Waals surface area (Å²) in [7, 11) is 0.269. The first-order valence-electron chi connectivity index (χ1n) is 12.1. The van der Waals surface area contributed by atoms with Gasteiger partial charge in [-0.1, -0.05) is 53.8 Å². The molecule has 2 aliphatic heterocycles. The van der Waals surface area contributed by atoms with E-state index >= 15 is 0 Å². The van der Waals surface area contributed by atoms with Gasteiger partial charge < -0.3 is 24.3 Å². The number of nitrogens with zero attached hydrogens (tertiary/aromatic N) is 2. The molecule has 4 amide bonds. The number of ether oxygens (including phenoxy) is 1. The SMILES string of the molecule is COBOc1ccc2c(c1)C(=O)N(C[C@@]1(c3ccc(Br)cc3)NC(=O)N(COCC[Si](C)(C)C)C1=O)C2. The van der Waals surface area contributed by atoms with E-state index < -0.39 is 25.6 Å². The van der Waals surface area contributed by atoms with Gasteiger partial charge in [-0.15, -0.1) is 0 Å². The zero-order valence-electron chi connectivity index (χ0n) is 21.5. The minimum absolute atomic E-state index is 0.0214. The zero-order chi connectivity index (χ0) is 26.8. The molecule has 0 bridgehead atoms. The number of benzene rings is 2. The van der Waals surface area contributed by atoms with Crippen LogP contribution in [0.2, 0.25) is 25.7 Å². The zero-order valence-corrected chi connectivity index (χ0v) is 24.1. The molecule has 2 aromatic rings. The highest BCUT2D eigenvalue weighted by Crippen LogP contribution is 2.35. The summed E-state index contributed by atoms with van der Waals surface area (Å²) in [6, 6.07) is 12.8. The average Bonchev–Trinajstić information content (AvgIpc) is 3.28. The molecule has 0 unspecified atom stereocenters. The molecule has 2 heterocycles. The van der Waals surface area contributed by atoms with Crippen LogP contribution in [0.5, 0.6) is 5.75 Å². The van der Waals surface area contributed by atoms with Crippen LogP contribution in [-0.2, 0) is 26.3 Å². The Labute approximate surface area is 226 Å². The summed E-state index contributed by atoms with van der Waals surface area (Å²) in [6.07, 6.45) is 0. The number of carbonyl (C=O) groups excluding carboxylic acids is 3. The van der Waals surface area contributed by atoms with Crippen molar-refractivity contribution >= 4 is 49.5 Å². The van der Waals surface area contributed by atoms with E-state index in [-0.39, 0.29) is 26.9 Å². The van der Waals surface area contributed by atoms with Crippen molar-refractivity contribution in [3.8, 4) is 5.75 Å². The first-order valence-corrected chi connectivity index (χ1v) is 16.6. The molecule has 1 N–H and O–H groups in total. The minimum atomic E-state index is -1.44. The lowest BCUT2D eigenvalue weighted by Gasteiger charge is -2.32. The Morgan fingerprint density at radius 1 is 1.11 bits per heavy atom. The van der Waals surface area contributed by atoms with Crippen LogP contribution >= 0.6 is 15.9 Å². The number of fused-ring (bicyclic) bond motifs is 1. The summed E-state index contributed by atoms with van der Waals surface area (Å²) < 4.78 is 17.0. The predicted molar refractivity (Wildman–Crippen MR) is 146 cm³/mol. The van der Waals surface area contributed by atoms with Crippen molar-refractivity contribution < 1.29 is 28.4 Å². The van der Waals surface area contributed by atoms with Crippen LogP contribution in [0.3, 0.4) is 0 Å². The summed E-state index contributed by atoms with van der Waals surface area (Å²) in [4.78, 5) is 42.9. The van der Waals surface area contributed by atoms with Gasteiger partial charge in [0.25, 0.3) is 11.8 Å². The maximum atomic E-state index is 13.8. The van der Waals surface area contributed by atoms with E-state index in [0.29, 0.717) is 30.0 Å². The van der Waals surface area contributed by atoms with Crippen LogP contribution in [0.1, 0.15) is 21.5 Å². The van der Waals surface area contributed by atoms with E-state index in [9.17, 15) is 14.4 Å². The maximum Gasteiger partial charge on any atom is 0.506 e. The van der Waals surface area contributed by atoms with Crippen molar-refractivity contribution in [1.29, 1.82) is 0 Å². The molecule has 37 heavy (non-hydrogen) atoms. The monoisotopic (exact) mass is 587 g/mol. The second-order valence-corrected chi connectivity index (χ2v) is 17.0. The molecule has 9 nitrogen and oxygen atoms in total. The van der Waals surface area contributed by atoms with E-state index in [4.69, 9.17) is 14.0 Å². The molecule has 4 rings (SSSR count). The van der Waals surface area contributed by atoms with Gasteiger partial charge in [0.15, 0.2) is 5.54 Å². The van der Waals surface area contributed by atoms with Crippen molar-refractivity contribution in [2.24, 2.45) is 0 Å². The van der Waals surface area contributed by atoms with Gasteiger partial charge in [0.05, 0.1) is 6.54 Å². The van der Waals surface area contributed by atoms with Crippen LogP contribution in [0, 0.1) is 0 Å². The normalized spacial score (nSPS) is 19.3. The number of hydrogen-bond acceptors (Lipinski definition) is 6. The molecular weight excluding hydrogens is 557 g/mol. The third-order valence-corrected chi connectivity index (χ3v) is 8.69. The summed E-state index contributed by atoms with van der Waals surface area (Å²) in [5.41, 5.74) is 0.478. The van der Waals surface area contributed by atoms with Crippen molar-refractivity contribution in [3.63, 3.8) is 0 Å². The third-order valence-electron chi connectivity index (χ3n) is 6.46. The van der Waals surface area contributed by atoms with Gasteiger partial charge in [-0.25, -0.2) is 9.69 Å². The number of amides is 4. The summed E-state index contributed by atoms with van der Waals surface area (Å²) in [5, 5.41) is 2.89. The third kappa shape index (κ3) is 5.92. The molecule has 12 heteroatoms. The van der Waals surface area contributed by atoms with Gasteiger partial charge in [-0.05, 0) is 41.4 Å². The van der Waals surface area contributed by atoms with Crippen molar-refractivity contribution in [2.45, 2.75) is 37.8 Å². The van der Waals surface area contributed by atoms with E-state index in [1.807, 2.05) is 18.2 Å². The highest BCUT2D eigenvalue weighted by Gasteiger charge is 2.54. The number of carbonyl (C=O) groups is 3. The molecule has 2 aliphatic rings. The Balaban J connectivity index is 1.58. The largest absolute Gasteiger partial charge is 0.539 e. The Bertz CT molecular complexity index is 1190. The Morgan fingerprint density at radius 3 is 2.51 bits per heavy atom. The van der Waals surface area contributed by atoms with Crippen LogP contribution in [0.25, 0.3) is 0 Å². The number of halogens is 1. The molecule has 2 aromatic carbocycles. The van der Waals surface area contributed by atoms with Gasteiger partial charge in [0.1, 0.15) is 12.5 Å². The molecule has 1 fully saturated rings. The first-order chi connectivity index (χ1) is 17.5. The molecule has 196 valence electrons. The van der Waals surface area contributed by atoms with E-state index in [1.165, 1.54) is 7.11 Å². The Hall–Kier alpha value is -2.67. The fourth-order valence-corrected chi connectivity index (χ4v) is 5.40. The lowest BCUT2D eigenvalue weighted by Crippen LogP contribution is -2.53. The number of rotatable bonds is 11. The standard InChI is InChI=1S/C25H31BBrN3O6Si/c1-34-26-36-20-10-5-17-14-29(22(31)21(17)13-20)15-25(18-6-8-19(27)9-7-18)23(32)30(24(33)28-25)16-35-11-12-37(2,3)4/h5-10,13,26H,11-12,14-16H2,1-4H3,(H,28,33)/t25-/m0/s1. The first kappa shape index (κ1) is 27.4. The molecule has 0 spiro atoms. The molecule has 0 aromatic heterocycles. The van der Waals surface area contributed by atoms with Gasteiger partial charge in [-0.3, -0.25) is 9.59 Å². The number of hydrogen-bond donors (Lipinski definition) is 1. The molecule has 0 radical (unpaired) electrons. The Morgan fingerprint density at radius 2 is 1.84 bits per heavy atom. The maximum absolute atomic E-state index is 13.8. The predicted octanol–water partition coefficient (Wildman–Crippen LogP) is 3.46. The second-order valence-electron chi connectivity index (χ2n) is 10.5. The molecule has 1 atom stereocenters. The highest BCUT2D eigenvalue weighted by molar-refractivity contribution is 9.10. The number of imide groups is 1. The van der Waals surface area contributed by atoms with Gasteiger partial charge in [0, 0.05) is 38.4 Å². The summed E-state index contributed by atoms with van der Waals surface area (Å²) in [6.45, 7) is 7.34. The van der Waals surface area contributed by atoms with Crippen LogP contribution in [-0.4, -0.2) is 70.4 Å². The van der Waals surface area contributed by atoms with Gasteiger partial charge >= 0.3 is 13.7 Å². The van der Waals surface area contributed by atoms with E-state index in [2.05, 4.69) is 40.9 Å². The molecular formula is C25H31BBrN3O6Si. The lowest BCUT2D eigenvalue weighted by molar-refractivity contribution is -0.135. The van der Waals surface area contributed by atoms with Crippen molar-refractivity contribution in [2.75, 3.05) is 27.0 Å². The van der Waals surface area contributed by atoms with Crippen molar-refractivity contribution in [1.82, 2.24) is 15.1 Å². The lowest BCUT2D eigenvalue weighted by atomic mass is 9.89. The average molecular weight is 588 g/mol. The smallest absolute Gasteiger partial charge is 0.506 e. The quantitative estimate of drug-likeness (QED) is 0.246. The van der Waals surface area contributed by atoms with Crippen LogP contribution in [0.4, 0.5) is 4.79 Å². The summed E-state index contributed by atoms with van der Waals surface area (Å²) in [5.74, 6) is -0.160. The number of urea groups is 1. The fraction of sp³-hybridized carbons (Fsp3) is 0.400. The fourth-order valence-electron chi connectivity index (χ4n) is 4.38. The topological polar surface area (TPSA) is 97.4 Å². The second kappa shape index (κ2) is 11.0. The van der Waals surface area contributed by atoms with E-state index in [0.717, 1.165) is 21.0 Å². The van der Waals surface area contributed by atoms with Crippen LogP contribution < -0.4 is 9.97 Å². The van der Waals surface area contributed by atoms with E-state index in [1.54, 1.807) is 29.2 Å². The summed E-state index contributed by atoms with van der Waals surface area (Å²) >= 11 is 3.43. The molecule has 1 saturated heterocycles.